The van der Waals surface area contributed by atoms with E-state index in [0.29, 0.717) is 11.3 Å². The summed E-state index contributed by atoms with van der Waals surface area (Å²) in [6.45, 7) is 4.00. The van der Waals surface area contributed by atoms with Crippen LogP contribution in [0, 0.1) is 0 Å². The quantitative estimate of drug-likeness (QED) is 0.756. The highest BCUT2D eigenvalue weighted by Crippen LogP contribution is 2.11. The Balaban J connectivity index is 0.000000671. The number of hydrogen-bond donors (Lipinski definition) is 1. The Bertz CT molecular complexity index is 271. The first-order valence-corrected chi connectivity index (χ1v) is 4.18. The molecule has 1 rings (SSSR count). The summed E-state index contributed by atoms with van der Waals surface area (Å²) in [5.41, 5.74) is 5.51. The van der Waals surface area contributed by atoms with Crippen molar-refractivity contribution in [1.82, 2.24) is 0 Å². The van der Waals surface area contributed by atoms with Crippen LogP contribution in [-0.4, -0.2) is 13.0 Å². The Morgan fingerprint density at radius 1 is 1.38 bits per heavy atom. The normalized spacial score (nSPS) is 8.23. The summed E-state index contributed by atoms with van der Waals surface area (Å²) >= 11 is 0. The SMILES string of the molecule is CC.COc1cccc(C(N)=O)c1. The van der Waals surface area contributed by atoms with E-state index in [4.69, 9.17) is 10.5 Å². The number of ether oxygens (including phenoxy) is 1. The van der Waals surface area contributed by atoms with Gasteiger partial charge in [-0.15, -0.1) is 0 Å². The lowest BCUT2D eigenvalue weighted by atomic mass is 10.2. The number of nitrogens with two attached hydrogens (primary N) is 1. The van der Waals surface area contributed by atoms with Crippen molar-refractivity contribution in [2.45, 2.75) is 13.8 Å². The fourth-order valence-electron chi connectivity index (χ4n) is 0.776. The number of methoxy groups -OCH3 is 1. The van der Waals surface area contributed by atoms with Crippen molar-refractivity contribution in [1.29, 1.82) is 0 Å². The Morgan fingerprint density at radius 2 is 2.00 bits per heavy atom. The monoisotopic (exact) mass is 181 g/mol. The van der Waals surface area contributed by atoms with E-state index in [0.717, 1.165) is 0 Å². The van der Waals surface area contributed by atoms with Crippen LogP contribution in [0.2, 0.25) is 0 Å². The fourth-order valence-corrected chi connectivity index (χ4v) is 0.776. The maximum Gasteiger partial charge on any atom is 0.248 e. The van der Waals surface area contributed by atoms with Gasteiger partial charge in [-0.2, -0.15) is 0 Å². The van der Waals surface area contributed by atoms with Crippen LogP contribution in [0.15, 0.2) is 24.3 Å². The molecule has 2 N–H and O–H groups in total. The molecule has 0 saturated carbocycles. The van der Waals surface area contributed by atoms with Crippen LogP contribution in [0.5, 0.6) is 5.75 Å². The Kier molecular flexibility index (Phi) is 5.35. The molecule has 0 aliphatic rings. The maximum atomic E-state index is 10.6. The molecule has 0 atom stereocenters. The molecular weight excluding hydrogens is 166 g/mol. The van der Waals surface area contributed by atoms with Gasteiger partial charge >= 0.3 is 0 Å². The van der Waals surface area contributed by atoms with E-state index in [9.17, 15) is 4.79 Å². The first-order valence-electron chi connectivity index (χ1n) is 4.18. The Hall–Kier alpha value is -1.51. The van der Waals surface area contributed by atoms with Gasteiger partial charge in [0.2, 0.25) is 5.91 Å². The first kappa shape index (κ1) is 11.5. The predicted octanol–water partition coefficient (Wildman–Crippen LogP) is 1.82. The van der Waals surface area contributed by atoms with Gasteiger partial charge < -0.3 is 10.5 Å². The number of rotatable bonds is 2. The van der Waals surface area contributed by atoms with Crippen LogP contribution in [0.4, 0.5) is 0 Å². The number of carbonyl (C=O) groups is 1. The van der Waals surface area contributed by atoms with Crippen LogP contribution in [0.25, 0.3) is 0 Å². The minimum absolute atomic E-state index is 0.441. The molecule has 0 bridgehead atoms. The minimum Gasteiger partial charge on any atom is -0.497 e. The van der Waals surface area contributed by atoms with Crippen molar-refractivity contribution in [2.75, 3.05) is 7.11 Å². The standard InChI is InChI=1S/C8H9NO2.C2H6/c1-11-7-4-2-3-6(5-7)8(9)10;1-2/h2-5H,1H3,(H2,9,10);1-2H3. The van der Waals surface area contributed by atoms with Gasteiger partial charge in [-0.3, -0.25) is 4.79 Å². The third-order valence-corrected chi connectivity index (χ3v) is 1.35. The Labute approximate surface area is 78.5 Å². The Morgan fingerprint density at radius 3 is 2.46 bits per heavy atom. The molecule has 0 spiro atoms. The van der Waals surface area contributed by atoms with Crippen molar-refractivity contribution in [3.63, 3.8) is 0 Å². The van der Waals surface area contributed by atoms with Gasteiger partial charge in [0, 0.05) is 5.56 Å². The minimum atomic E-state index is -0.441. The second-order valence-electron chi connectivity index (χ2n) is 2.10. The molecule has 0 aromatic heterocycles. The molecule has 0 fully saturated rings. The molecule has 0 aliphatic heterocycles. The second-order valence-corrected chi connectivity index (χ2v) is 2.10. The summed E-state index contributed by atoms with van der Waals surface area (Å²) in [7, 11) is 1.54. The second kappa shape index (κ2) is 6.06. The van der Waals surface area contributed by atoms with Crippen molar-refractivity contribution in [2.24, 2.45) is 5.73 Å². The van der Waals surface area contributed by atoms with E-state index in [1.807, 2.05) is 13.8 Å². The number of hydrogen-bond acceptors (Lipinski definition) is 2. The zero-order valence-electron chi connectivity index (χ0n) is 8.20. The molecule has 1 aromatic rings. The molecule has 3 nitrogen and oxygen atoms in total. The van der Waals surface area contributed by atoms with E-state index in [1.54, 1.807) is 31.4 Å². The molecule has 0 saturated heterocycles. The lowest BCUT2D eigenvalue weighted by Crippen LogP contribution is -2.10. The summed E-state index contributed by atoms with van der Waals surface area (Å²) in [5.74, 6) is 0.199. The number of benzene rings is 1. The maximum absolute atomic E-state index is 10.6. The highest BCUT2D eigenvalue weighted by molar-refractivity contribution is 5.93. The molecule has 0 aliphatic carbocycles. The molecular formula is C10H15NO2. The topological polar surface area (TPSA) is 52.3 Å². The third-order valence-electron chi connectivity index (χ3n) is 1.35. The van der Waals surface area contributed by atoms with Crippen LogP contribution >= 0.6 is 0 Å². The molecule has 1 aromatic carbocycles. The molecule has 72 valence electrons. The van der Waals surface area contributed by atoms with Crippen molar-refractivity contribution in [3.8, 4) is 5.75 Å². The average Bonchev–Trinajstić information content (AvgIpc) is 2.21. The molecule has 0 unspecified atom stereocenters. The van der Waals surface area contributed by atoms with E-state index in [-0.39, 0.29) is 0 Å². The van der Waals surface area contributed by atoms with Gasteiger partial charge in [-0.25, -0.2) is 0 Å². The number of amides is 1. The fraction of sp³-hybridized carbons (Fsp3) is 0.300. The van der Waals surface area contributed by atoms with Gasteiger partial charge in [-0.1, -0.05) is 19.9 Å². The molecule has 13 heavy (non-hydrogen) atoms. The van der Waals surface area contributed by atoms with Crippen LogP contribution in [0.1, 0.15) is 24.2 Å². The van der Waals surface area contributed by atoms with Crippen molar-refractivity contribution < 1.29 is 9.53 Å². The van der Waals surface area contributed by atoms with Crippen LogP contribution < -0.4 is 10.5 Å². The number of primary amides is 1. The van der Waals surface area contributed by atoms with Crippen LogP contribution in [-0.2, 0) is 0 Å². The summed E-state index contributed by atoms with van der Waals surface area (Å²) in [6, 6.07) is 6.72. The van der Waals surface area contributed by atoms with E-state index < -0.39 is 5.91 Å². The highest BCUT2D eigenvalue weighted by atomic mass is 16.5. The molecule has 1 amide bonds. The average molecular weight is 181 g/mol. The van der Waals surface area contributed by atoms with Crippen molar-refractivity contribution >= 4 is 5.91 Å². The smallest absolute Gasteiger partial charge is 0.248 e. The van der Waals surface area contributed by atoms with Crippen molar-refractivity contribution in [3.05, 3.63) is 29.8 Å². The molecule has 0 heterocycles. The highest BCUT2D eigenvalue weighted by Gasteiger charge is 1.99. The van der Waals surface area contributed by atoms with Gasteiger partial charge in [0.05, 0.1) is 7.11 Å². The van der Waals surface area contributed by atoms with Gasteiger partial charge in [0.15, 0.2) is 0 Å². The summed E-state index contributed by atoms with van der Waals surface area (Å²) in [6.07, 6.45) is 0. The first-order chi connectivity index (χ1) is 6.24. The lowest BCUT2D eigenvalue weighted by molar-refractivity contribution is 0.1000. The van der Waals surface area contributed by atoms with E-state index in [1.165, 1.54) is 0 Å². The van der Waals surface area contributed by atoms with Gasteiger partial charge in [0.1, 0.15) is 5.75 Å². The van der Waals surface area contributed by atoms with E-state index in [2.05, 4.69) is 0 Å². The van der Waals surface area contributed by atoms with Gasteiger partial charge in [0.25, 0.3) is 0 Å². The zero-order chi connectivity index (χ0) is 10.3. The molecule has 3 heteroatoms. The zero-order valence-corrected chi connectivity index (χ0v) is 8.20. The molecule has 0 radical (unpaired) electrons. The summed E-state index contributed by atoms with van der Waals surface area (Å²) in [4.78, 5) is 10.6. The third kappa shape index (κ3) is 3.60. The summed E-state index contributed by atoms with van der Waals surface area (Å²) < 4.78 is 4.90. The van der Waals surface area contributed by atoms with Gasteiger partial charge in [-0.05, 0) is 18.2 Å². The largest absolute Gasteiger partial charge is 0.497 e. The van der Waals surface area contributed by atoms with E-state index >= 15 is 0 Å². The predicted molar refractivity (Wildman–Crippen MR) is 52.9 cm³/mol. The number of carbonyl (C=O) groups excluding carboxylic acids is 1. The lowest BCUT2D eigenvalue weighted by Gasteiger charge is -1.99. The summed E-state index contributed by atoms with van der Waals surface area (Å²) in [5, 5.41) is 0. The van der Waals surface area contributed by atoms with Crippen LogP contribution in [0.3, 0.4) is 0 Å².